The molecule has 0 aliphatic carbocycles. The van der Waals surface area contributed by atoms with Crippen molar-refractivity contribution in [1.29, 1.82) is 0 Å². The lowest BCUT2D eigenvalue weighted by atomic mass is 10.2. The summed E-state index contributed by atoms with van der Waals surface area (Å²) in [5, 5.41) is 0. The number of carbonyl (C=O) groups excluding carboxylic acids is 1. The zero-order chi connectivity index (χ0) is 21.5. The monoisotopic (exact) mass is 447 g/mol. The molecule has 2 heterocycles. The van der Waals surface area contributed by atoms with E-state index in [4.69, 9.17) is 0 Å². The number of hydrogen-bond acceptors (Lipinski definition) is 4. The summed E-state index contributed by atoms with van der Waals surface area (Å²) >= 11 is 1.22. The first-order chi connectivity index (χ1) is 14.3. The number of fused-ring (bicyclic) bond motifs is 1. The van der Waals surface area contributed by atoms with Crippen molar-refractivity contribution in [3.8, 4) is 0 Å². The van der Waals surface area contributed by atoms with Crippen LogP contribution in [0.15, 0.2) is 52.4 Å². The molecule has 1 aromatic heterocycles. The molecule has 1 amide bonds. The van der Waals surface area contributed by atoms with Gasteiger partial charge in [0.1, 0.15) is 11.9 Å². The minimum absolute atomic E-state index is 0.175. The lowest BCUT2D eigenvalue weighted by Crippen LogP contribution is -2.40. The lowest BCUT2D eigenvalue weighted by molar-refractivity contribution is -0.121. The Labute approximate surface area is 178 Å². The van der Waals surface area contributed by atoms with Crippen LogP contribution < -0.4 is 4.80 Å². The molecule has 9 heteroatoms. The maximum Gasteiger partial charge on any atom is 0.266 e. The molecule has 1 aliphatic heterocycles. The number of nitrogens with zero attached hydrogens (tertiary/aromatic N) is 3. The minimum atomic E-state index is -3.79. The van der Waals surface area contributed by atoms with Crippen LogP contribution in [0.1, 0.15) is 25.3 Å². The van der Waals surface area contributed by atoms with Crippen LogP contribution in [0.5, 0.6) is 0 Å². The number of carbonyl (C=O) groups is 1. The highest BCUT2D eigenvalue weighted by molar-refractivity contribution is 7.89. The summed E-state index contributed by atoms with van der Waals surface area (Å²) in [5.74, 6) is -0.839. The minimum Gasteiger partial charge on any atom is -0.317 e. The fourth-order valence-electron chi connectivity index (χ4n) is 3.73. The Morgan fingerprint density at radius 1 is 1.23 bits per heavy atom. The summed E-state index contributed by atoms with van der Waals surface area (Å²) in [4.78, 5) is 17.9. The largest absolute Gasteiger partial charge is 0.317 e. The number of halogens is 1. The Morgan fingerprint density at radius 3 is 2.67 bits per heavy atom. The second kappa shape index (κ2) is 8.05. The molecule has 1 fully saturated rings. The van der Waals surface area contributed by atoms with E-state index in [-0.39, 0.29) is 17.3 Å². The number of aryl methyl sites for hydroxylation is 2. The van der Waals surface area contributed by atoms with E-state index in [1.165, 1.54) is 27.8 Å². The van der Waals surface area contributed by atoms with Gasteiger partial charge in [0.25, 0.3) is 5.91 Å². The molecule has 1 unspecified atom stereocenters. The van der Waals surface area contributed by atoms with E-state index in [1.807, 2.05) is 18.4 Å². The molecular formula is C21H22FN3O3S2. The molecule has 1 atom stereocenters. The van der Waals surface area contributed by atoms with Crippen LogP contribution in [0.2, 0.25) is 0 Å². The molecular weight excluding hydrogens is 425 g/mol. The molecule has 1 aliphatic rings. The van der Waals surface area contributed by atoms with Crippen LogP contribution in [-0.4, -0.2) is 35.8 Å². The molecule has 3 aromatic rings. The third-order valence-electron chi connectivity index (χ3n) is 5.28. The van der Waals surface area contributed by atoms with Crippen molar-refractivity contribution in [3.63, 3.8) is 0 Å². The maximum absolute atomic E-state index is 13.6. The zero-order valence-corrected chi connectivity index (χ0v) is 18.3. The fraction of sp³-hybridized carbons (Fsp3) is 0.333. The van der Waals surface area contributed by atoms with E-state index in [0.717, 1.165) is 11.1 Å². The Bertz CT molecular complexity index is 1280. The number of hydrogen-bond donors (Lipinski definition) is 0. The average Bonchev–Trinajstić information content (AvgIpc) is 3.32. The second-order valence-electron chi connectivity index (χ2n) is 7.28. The molecule has 30 heavy (non-hydrogen) atoms. The van der Waals surface area contributed by atoms with Gasteiger partial charge in [-0.3, -0.25) is 4.79 Å². The topological polar surface area (TPSA) is 71.7 Å². The van der Waals surface area contributed by atoms with Gasteiger partial charge in [0.05, 0.1) is 15.1 Å². The predicted octanol–water partition coefficient (Wildman–Crippen LogP) is 3.45. The van der Waals surface area contributed by atoms with Gasteiger partial charge in [-0.15, -0.1) is 0 Å². The van der Waals surface area contributed by atoms with Crippen molar-refractivity contribution in [2.45, 2.75) is 44.2 Å². The average molecular weight is 448 g/mol. The first-order valence-electron chi connectivity index (χ1n) is 9.77. The van der Waals surface area contributed by atoms with Crippen LogP contribution >= 0.6 is 11.3 Å². The van der Waals surface area contributed by atoms with Gasteiger partial charge >= 0.3 is 0 Å². The zero-order valence-electron chi connectivity index (χ0n) is 16.7. The van der Waals surface area contributed by atoms with Crippen molar-refractivity contribution in [1.82, 2.24) is 8.87 Å². The summed E-state index contributed by atoms with van der Waals surface area (Å²) in [7, 11) is -3.79. The SMILES string of the molecule is CCn1c(=NC(=O)C2CCCN2S(=O)(=O)c2ccc(C)cc2)sc2cc(F)ccc21. The van der Waals surface area contributed by atoms with Gasteiger partial charge < -0.3 is 4.57 Å². The molecule has 0 saturated carbocycles. The summed E-state index contributed by atoms with van der Waals surface area (Å²) in [6, 6.07) is 10.2. The van der Waals surface area contributed by atoms with Gasteiger partial charge in [-0.25, -0.2) is 12.8 Å². The summed E-state index contributed by atoms with van der Waals surface area (Å²) in [6.45, 7) is 4.65. The number of thiazole rings is 1. The molecule has 1 saturated heterocycles. The number of benzene rings is 2. The van der Waals surface area contributed by atoms with E-state index in [0.29, 0.717) is 28.9 Å². The molecule has 0 spiro atoms. The second-order valence-corrected chi connectivity index (χ2v) is 10.2. The molecule has 0 radical (unpaired) electrons. The van der Waals surface area contributed by atoms with Crippen molar-refractivity contribution >= 4 is 37.5 Å². The predicted molar refractivity (Wildman–Crippen MR) is 114 cm³/mol. The first kappa shape index (κ1) is 20.9. The number of sulfonamides is 1. The van der Waals surface area contributed by atoms with E-state index in [9.17, 15) is 17.6 Å². The molecule has 158 valence electrons. The molecule has 0 N–H and O–H groups in total. The number of aromatic nitrogens is 1. The maximum atomic E-state index is 13.6. The van der Waals surface area contributed by atoms with Crippen LogP contribution in [0, 0.1) is 12.7 Å². The normalized spacial score (nSPS) is 18.4. The Hall–Kier alpha value is -2.36. The fourth-order valence-corrected chi connectivity index (χ4v) is 6.50. The van der Waals surface area contributed by atoms with E-state index >= 15 is 0 Å². The number of amides is 1. The molecule has 6 nitrogen and oxygen atoms in total. The third kappa shape index (κ3) is 3.73. The van der Waals surface area contributed by atoms with Gasteiger partial charge in [0, 0.05) is 13.1 Å². The van der Waals surface area contributed by atoms with Gasteiger partial charge in [0.2, 0.25) is 10.0 Å². The summed E-state index contributed by atoms with van der Waals surface area (Å²) < 4.78 is 43.6. The van der Waals surface area contributed by atoms with Crippen molar-refractivity contribution in [3.05, 3.63) is 58.6 Å². The third-order valence-corrected chi connectivity index (χ3v) is 8.25. The van der Waals surface area contributed by atoms with Crippen LogP contribution in [0.25, 0.3) is 10.2 Å². The summed E-state index contributed by atoms with van der Waals surface area (Å²) in [6.07, 6.45) is 1.03. The van der Waals surface area contributed by atoms with Gasteiger partial charge in [-0.1, -0.05) is 29.0 Å². The standard InChI is InChI=1S/C21H22FN3O3S2/c1-3-24-17-11-8-15(22)13-19(17)29-21(24)23-20(26)18-5-4-12-25(18)30(27,28)16-9-6-14(2)7-10-16/h6-11,13,18H,3-5,12H2,1-2H3. The molecule has 0 bridgehead atoms. The van der Waals surface area contributed by atoms with Crippen LogP contribution in [-0.2, 0) is 21.4 Å². The highest BCUT2D eigenvalue weighted by Gasteiger charge is 2.39. The Kier molecular flexibility index (Phi) is 5.61. The van der Waals surface area contributed by atoms with Gasteiger partial charge in [-0.2, -0.15) is 9.30 Å². The molecule has 4 rings (SSSR count). The first-order valence-corrected chi connectivity index (χ1v) is 12.0. The highest BCUT2D eigenvalue weighted by Crippen LogP contribution is 2.27. The van der Waals surface area contributed by atoms with Crippen molar-refractivity contribution < 1.29 is 17.6 Å². The van der Waals surface area contributed by atoms with Crippen LogP contribution in [0.3, 0.4) is 0 Å². The highest BCUT2D eigenvalue weighted by atomic mass is 32.2. The Morgan fingerprint density at radius 2 is 1.97 bits per heavy atom. The molecule has 2 aromatic carbocycles. The van der Waals surface area contributed by atoms with E-state index in [2.05, 4.69) is 4.99 Å². The summed E-state index contributed by atoms with van der Waals surface area (Å²) in [5.41, 5.74) is 1.76. The van der Waals surface area contributed by atoms with Crippen molar-refractivity contribution in [2.24, 2.45) is 4.99 Å². The van der Waals surface area contributed by atoms with Gasteiger partial charge in [-0.05, 0) is 57.0 Å². The smallest absolute Gasteiger partial charge is 0.266 e. The van der Waals surface area contributed by atoms with Crippen LogP contribution in [0.4, 0.5) is 4.39 Å². The lowest BCUT2D eigenvalue weighted by Gasteiger charge is -2.21. The van der Waals surface area contributed by atoms with Crippen molar-refractivity contribution in [2.75, 3.05) is 6.54 Å². The van der Waals surface area contributed by atoms with Gasteiger partial charge in [0.15, 0.2) is 4.80 Å². The van der Waals surface area contributed by atoms with E-state index < -0.39 is 22.0 Å². The van der Waals surface area contributed by atoms with E-state index in [1.54, 1.807) is 30.3 Å². The quantitative estimate of drug-likeness (QED) is 0.615. The Balaban J connectivity index is 1.71. The number of rotatable bonds is 4.